The monoisotopic (exact) mass is 243 g/mol. The molecule has 0 amide bonds. The van der Waals surface area contributed by atoms with Gasteiger partial charge in [-0.15, -0.1) is 0 Å². The molecule has 0 aliphatic rings. The Morgan fingerprint density at radius 3 is 2.38 bits per heavy atom. The Bertz CT molecular complexity index is 480. The van der Waals surface area contributed by atoms with Gasteiger partial charge in [-0.1, -0.05) is 0 Å². The van der Waals surface area contributed by atoms with Gasteiger partial charge in [-0.2, -0.15) is 0 Å². The molecular formula is C11H17NO3S. The number of hydrogen-bond acceptors (Lipinski definition) is 4. The second-order valence-electron chi connectivity index (χ2n) is 3.62. The van der Waals surface area contributed by atoms with E-state index in [2.05, 4.69) is 0 Å². The summed E-state index contributed by atoms with van der Waals surface area (Å²) in [6.07, 6.45) is 0. The highest BCUT2D eigenvalue weighted by Gasteiger charge is 2.18. The average Bonchev–Trinajstić information content (AvgIpc) is 2.21. The van der Waals surface area contributed by atoms with E-state index in [1.165, 1.54) is 0 Å². The van der Waals surface area contributed by atoms with Crippen molar-refractivity contribution in [1.29, 1.82) is 0 Å². The number of ether oxygens (including phenoxy) is 1. The third-order valence-corrected chi connectivity index (χ3v) is 4.51. The van der Waals surface area contributed by atoms with E-state index in [9.17, 15) is 8.42 Å². The van der Waals surface area contributed by atoms with Gasteiger partial charge in [0.05, 0.1) is 17.8 Å². The second kappa shape index (κ2) is 4.84. The van der Waals surface area contributed by atoms with Crippen LogP contribution in [0.1, 0.15) is 11.1 Å². The number of rotatable bonds is 4. The van der Waals surface area contributed by atoms with Gasteiger partial charge in [0.1, 0.15) is 5.75 Å². The van der Waals surface area contributed by atoms with Crippen molar-refractivity contribution in [3.05, 3.63) is 23.3 Å². The first-order chi connectivity index (χ1) is 7.44. The summed E-state index contributed by atoms with van der Waals surface area (Å²) in [6, 6.07) is 3.25. The fraction of sp³-hybridized carbons (Fsp3) is 0.455. The number of methoxy groups -OCH3 is 1. The summed E-state index contributed by atoms with van der Waals surface area (Å²) in [5.74, 6) is 0.670. The van der Waals surface area contributed by atoms with Gasteiger partial charge in [0.25, 0.3) is 0 Å². The molecular weight excluding hydrogens is 226 g/mol. The summed E-state index contributed by atoms with van der Waals surface area (Å²) < 4.78 is 28.9. The van der Waals surface area contributed by atoms with Gasteiger partial charge >= 0.3 is 0 Å². The number of benzene rings is 1. The zero-order chi connectivity index (χ0) is 12.3. The standard InChI is InChI=1S/C11H17NO3S/c1-8-9(2)11(5-4-10(8)15-3)16(13,14)7-6-12/h4-5H,6-7,12H2,1-3H3. The summed E-state index contributed by atoms with van der Waals surface area (Å²) in [5.41, 5.74) is 6.87. The molecule has 16 heavy (non-hydrogen) atoms. The van der Waals surface area contributed by atoms with Crippen LogP contribution in [0.5, 0.6) is 5.75 Å². The van der Waals surface area contributed by atoms with Crippen LogP contribution < -0.4 is 10.5 Å². The van der Waals surface area contributed by atoms with Gasteiger partial charge < -0.3 is 10.5 Å². The molecule has 0 aliphatic carbocycles. The molecule has 0 aliphatic heterocycles. The molecule has 1 rings (SSSR count). The van der Waals surface area contributed by atoms with E-state index in [4.69, 9.17) is 10.5 Å². The molecule has 4 nitrogen and oxygen atoms in total. The molecule has 0 atom stereocenters. The molecule has 1 aromatic carbocycles. The summed E-state index contributed by atoms with van der Waals surface area (Å²) in [7, 11) is -1.70. The SMILES string of the molecule is COc1ccc(S(=O)(=O)CCN)c(C)c1C. The van der Waals surface area contributed by atoms with Gasteiger partial charge in [0, 0.05) is 6.54 Å². The Morgan fingerprint density at radius 1 is 1.25 bits per heavy atom. The lowest BCUT2D eigenvalue weighted by Gasteiger charge is -2.12. The van der Waals surface area contributed by atoms with Crippen molar-refractivity contribution in [2.75, 3.05) is 19.4 Å². The molecule has 0 fully saturated rings. The highest BCUT2D eigenvalue weighted by molar-refractivity contribution is 7.91. The number of hydrogen-bond donors (Lipinski definition) is 1. The summed E-state index contributed by atoms with van der Waals surface area (Å²) in [6.45, 7) is 3.75. The van der Waals surface area contributed by atoms with Crippen molar-refractivity contribution in [2.24, 2.45) is 5.73 Å². The minimum absolute atomic E-state index is 0.0282. The van der Waals surface area contributed by atoms with E-state index in [1.807, 2.05) is 6.92 Å². The molecule has 0 radical (unpaired) electrons. The van der Waals surface area contributed by atoms with E-state index in [0.29, 0.717) is 10.6 Å². The molecule has 0 heterocycles. The third-order valence-electron chi connectivity index (χ3n) is 2.63. The predicted octanol–water partition coefficient (Wildman–Crippen LogP) is 1.04. The van der Waals surface area contributed by atoms with Crippen LogP contribution in [-0.4, -0.2) is 27.8 Å². The van der Waals surface area contributed by atoms with Crippen molar-refractivity contribution < 1.29 is 13.2 Å². The third kappa shape index (κ3) is 2.36. The Labute approximate surface area is 96.3 Å². The summed E-state index contributed by atoms with van der Waals surface area (Å²) >= 11 is 0. The van der Waals surface area contributed by atoms with Crippen molar-refractivity contribution in [1.82, 2.24) is 0 Å². The number of nitrogens with two attached hydrogens (primary N) is 1. The van der Waals surface area contributed by atoms with E-state index < -0.39 is 9.84 Å². The maximum atomic E-state index is 11.9. The van der Waals surface area contributed by atoms with E-state index >= 15 is 0 Å². The highest BCUT2D eigenvalue weighted by atomic mass is 32.2. The van der Waals surface area contributed by atoms with Crippen LogP contribution in [-0.2, 0) is 9.84 Å². The lowest BCUT2D eigenvalue weighted by molar-refractivity contribution is 0.410. The first kappa shape index (κ1) is 13.0. The van der Waals surface area contributed by atoms with Gasteiger partial charge in [-0.25, -0.2) is 8.42 Å². The second-order valence-corrected chi connectivity index (χ2v) is 5.70. The summed E-state index contributed by atoms with van der Waals surface area (Å²) in [4.78, 5) is 0.344. The lowest BCUT2D eigenvalue weighted by atomic mass is 10.1. The van der Waals surface area contributed by atoms with Crippen LogP contribution >= 0.6 is 0 Å². The van der Waals surface area contributed by atoms with Crippen LogP contribution in [0.4, 0.5) is 0 Å². The van der Waals surface area contributed by atoms with Crippen molar-refractivity contribution in [2.45, 2.75) is 18.7 Å². The minimum atomic E-state index is -3.27. The van der Waals surface area contributed by atoms with Gasteiger partial charge in [0.15, 0.2) is 9.84 Å². The van der Waals surface area contributed by atoms with Gasteiger partial charge in [-0.3, -0.25) is 0 Å². The van der Waals surface area contributed by atoms with Crippen LogP contribution in [0.3, 0.4) is 0 Å². The highest BCUT2D eigenvalue weighted by Crippen LogP contribution is 2.27. The minimum Gasteiger partial charge on any atom is -0.496 e. The molecule has 0 bridgehead atoms. The van der Waals surface area contributed by atoms with Crippen molar-refractivity contribution in [3.8, 4) is 5.75 Å². The topological polar surface area (TPSA) is 69.4 Å². The van der Waals surface area contributed by atoms with E-state index in [1.54, 1.807) is 26.2 Å². The fourth-order valence-corrected chi connectivity index (χ4v) is 3.02. The Hall–Kier alpha value is -1.07. The maximum absolute atomic E-state index is 11.9. The largest absolute Gasteiger partial charge is 0.496 e. The molecule has 0 unspecified atom stereocenters. The lowest BCUT2D eigenvalue weighted by Crippen LogP contribution is -2.17. The van der Waals surface area contributed by atoms with Crippen LogP contribution in [0.25, 0.3) is 0 Å². The quantitative estimate of drug-likeness (QED) is 0.858. The van der Waals surface area contributed by atoms with E-state index in [0.717, 1.165) is 11.1 Å². The number of sulfone groups is 1. The van der Waals surface area contributed by atoms with Gasteiger partial charge in [0.2, 0.25) is 0 Å². The summed E-state index contributed by atoms with van der Waals surface area (Å²) in [5, 5.41) is 0. The molecule has 0 spiro atoms. The first-order valence-electron chi connectivity index (χ1n) is 5.01. The van der Waals surface area contributed by atoms with Gasteiger partial charge in [-0.05, 0) is 37.1 Å². The molecule has 0 aromatic heterocycles. The predicted molar refractivity (Wildman–Crippen MR) is 63.6 cm³/mol. The van der Waals surface area contributed by atoms with Crippen molar-refractivity contribution >= 4 is 9.84 Å². The molecule has 5 heteroatoms. The molecule has 2 N–H and O–H groups in total. The average molecular weight is 243 g/mol. The molecule has 1 aromatic rings. The smallest absolute Gasteiger partial charge is 0.179 e. The zero-order valence-electron chi connectivity index (χ0n) is 9.78. The van der Waals surface area contributed by atoms with Crippen LogP contribution in [0.2, 0.25) is 0 Å². The Balaban J connectivity index is 3.33. The van der Waals surface area contributed by atoms with Crippen molar-refractivity contribution in [3.63, 3.8) is 0 Å². The molecule has 90 valence electrons. The normalized spacial score (nSPS) is 11.5. The fourth-order valence-electron chi connectivity index (χ4n) is 1.59. The van der Waals surface area contributed by atoms with E-state index in [-0.39, 0.29) is 12.3 Å². The molecule has 0 saturated heterocycles. The van der Waals surface area contributed by atoms with Crippen LogP contribution in [0, 0.1) is 13.8 Å². The Kier molecular flexibility index (Phi) is 3.93. The van der Waals surface area contributed by atoms with Crippen LogP contribution in [0.15, 0.2) is 17.0 Å². The Morgan fingerprint density at radius 2 is 1.88 bits per heavy atom. The first-order valence-corrected chi connectivity index (χ1v) is 6.66. The molecule has 0 saturated carbocycles. The maximum Gasteiger partial charge on any atom is 0.179 e. The zero-order valence-corrected chi connectivity index (χ0v) is 10.6.